The molecule has 2 aliphatic rings. The van der Waals surface area contributed by atoms with Crippen molar-refractivity contribution in [2.75, 3.05) is 52.5 Å². The van der Waals surface area contributed by atoms with Crippen LogP contribution >= 0.6 is 0 Å². The van der Waals surface area contributed by atoms with E-state index in [2.05, 4.69) is 16.8 Å². The van der Waals surface area contributed by atoms with E-state index < -0.39 is 0 Å². The molecule has 0 spiro atoms. The highest BCUT2D eigenvalue weighted by molar-refractivity contribution is 5.89. The van der Waals surface area contributed by atoms with E-state index >= 15 is 0 Å². The van der Waals surface area contributed by atoms with Gasteiger partial charge in [-0.1, -0.05) is 6.08 Å². The topological polar surface area (TPSA) is 99.2 Å². The number of likely N-dealkylation sites (tertiary alicyclic amines) is 1. The van der Waals surface area contributed by atoms with Crippen LogP contribution in [0.1, 0.15) is 12.8 Å². The fourth-order valence-corrected chi connectivity index (χ4v) is 2.76. The molecule has 2 saturated heterocycles. The Morgan fingerprint density at radius 2 is 2.08 bits per heavy atom. The Kier molecular flexibility index (Phi) is 9.71. The SMILES string of the molecule is C=CCN1CC(C(=O)NCCCN2CCOCC2)CC1=O.O=CO. The highest BCUT2D eigenvalue weighted by Gasteiger charge is 2.33. The second kappa shape index (κ2) is 11.6. The summed E-state index contributed by atoms with van der Waals surface area (Å²) in [7, 11) is 0. The van der Waals surface area contributed by atoms with Gasteiger partial charge in [-0.2, -0.15) is 0 Å². The second-order valence-corrected chi connectivity index (χ2v) is 5.69. The van der Waals surface area contributed by atoms with Gasteiger partial charge in [-0.25, -0.2) is 0 Å². The molecular formula is C16H27N3O5. The number of amides is 2. The van der Waals surface area contributed by atoms with Gasteiger partial charge in [0, 0.05) is 39.1 Å². The van der Waals surface area contributed by atoms with Gasteiger partial charge in [0.25, 0.3) is 6.47 Å². The Balaban J connectivity index is 0.000000891. The van der Waals surface area contributed by atoms with Crippen molar-refractivity contribution in [3.05, 3.63) is 12.7 Å². The number of ether oxygens (including phenoxy) is 1. The molecule has 0 saturated carbocycles. The lowest BCUT2D eigenvalue weighted by atomic mass is 10.1. The van der Waals surface area contributed by atoms with E-state index in [1.807, 2.05) is 0 Å². The second-order valence-electron chi connectivity index (χ2n) is 5.69. The van der Waals surface area contributed by atoms with E-state index in [0.29, 0.717) is 26.1 Å². The molecule has 136 valence electrons. The first kappa shape index (κ1) is 20.1. The first-order valence-electron chi connectivity index (χ1n) is 8.16. The molecule has 2 N–H and O–H groups in total. The average molecular weight is 341 g/mol. The fourth-order valence-electron chi connectivity index (χ4n) is 2.76. The van der Waals surface area contributed by atoms with Gasteiger partial charge < -0.3 is 20.1 Å². The van der Waals surface area contributed by atoms with Crippen molar-refractivity contribution in [2.24, 2.45) is 5.92 Å². The molecule has 2 heterocycles. The largest absolute Gasteiger partial charge is 0.483 e. The molecule has 8 nitrogen and oxygen atoms in total. The molecule has 24 heavy (non-hydrogen) atoms. The van der Waals surface area contributed by atoms with Crippen LogP contribution in [-0.4, -0.2) is 85.7 Å². The molecule has 8 heteroatoms. The van der Waals surface area contributed by atoms with E-state index in [1.54, 1.807) is 11.0 Å². The van der Waals surface area contributed by atoms with Crippen LogP contribution in [0.4, 0.5) is 0 Å². The van der Waals surface area contributed by atoms with Gasteiger partial charge >= 0.3 is 0 Å². The normalized spacial score (nSPS) is 20.9. The van der Waals surface area contributed by atoms with E-state index in [4.69, 9.17) is 14.6 Å². The standard InChI is InChI=1S/C15H25N3O3.CH2O2/c1-2-5-18-12-13(11-14(18)19)15(20)16-4-3-6-17-7-9-21-10-8-17;2-1-3/h2,13H,1,3-12H2,(H,16,20);1H,(H,2,3). The third kappa shape index (κ3) is 7.10. The summed E-state index contributed by atoms with van der Waals surface area (Å²) in [6.07, 6.45) is 2.95. The van der Waals surface area contributed by atoms with Crippen LogP contribution in [0.3, 0.4) is 0 Å². The van der Waals surface area contributed by atoms with E-state index in [0.717, 1.165) is 39.3 Å². The van der Waals surface area contributed by atoms with Crippen LogP contribution in [0.2, 0.25) is 0 Å². The average Bonchev–Trinajstić information content (AvgIpc) is 2.95. The van der Waals surface area contributed by atoms with Crippen LogP contribution in [0.15, 0.2) is 12.7 Å². The number of nitrogens with zero attached hydrogens (tertiary/aromatic N) is 2. The monoisotopic (exact) mass is 341 g/mol. The fraction of sp³-hybridized carbons (Fsp3) is 0.688. The maximum Gasteiger partial charge on any atom is 0.290 e. The van der Waals surface area contributed by atoms with E-state index in [1.165, 1.54) is 0 Å². The lowest BCUT2D eigenvalue weighted by molar-refractivity contribution is -0.128. The third-order valence-corrected chi connectivity index (χ3v) is 3.99. The summed E-state index contributed by atoms with van der Waals surface area (Å²) < 4.78 is 5.30. The lowest BCUT2D eigenvalue weighted by Gasteiger charge is -2.26. The molecule has 2 rings (SSSR count). The molecule has 2 fully saturated rings. The minimum absolute atomic E-state index is 0.00288. The smallest absolute Gasteiger partial charge is 0.290 e. The summed E-state index contributed by atoms with van der Waals surface area (Å²) in [5.74, 6) is -0.166. The molecule has 0 aromatic carbocycles. The van der Waals surface area contributed by atoms with E-state index in [-0.39, 0.29) is 24.2 Å². The molecule has 1 atom stereocenters. The molecule has 0 aromatic heterocycles. The van der Waals surface area contributed by atoms with Gasteiger partial charge in [0.15, 0.2) is 0 Å². The predicted octanol–water partition coefficient (Wildman–Crippen LogP) is -0.440. The van der Waals surface area contributed by atoms with Crippen molar-refractivity contribution in [3.8, 4) is 0 Å². The minimum Gasteiger partial charge on any atom is -0.483 e. The Hall–Kier alpha value is -1.93. The number of rotatable bonds is 7. The Labute approximate surface area is 142 Å². The Bertz CT molecular complexity index is 424. The summed E-state index contributed by atoms with van der Waals surface area (Å²) in [5.41, 5.74) is 0. The molecule has 2 amide bonds. The number of carbonyl (C=O) groups is 3. The molecule has 0 bridgehead atoms. The number of morpholine rings is 1. The maximum absolute atomic E-state index is 12.0. The summed E-state index contributed by atoms with van der Waals surface area (Å²) >= 11 is 0. The number of carbonyl (C=O) groups excluding carboxylic acids is 2. The van der Waals surface area contributed by atoms with Gasteiger partial charge in [-0.3, -0.25) is 19.3 Å². The molecule has 0 aromatic rings. The zero-order valence-electron chi connectivity index (χ0n) is 14.0. The summed E-state index contributed by atoms with van der Waals surface area (Å²) in [6.45, 7) is 9.62. The van der Waals surface area contributed by atoms with Crippen molar-refractivity contribution >= 4 is 18.3 Å². The van der Waals surface area contributed by atoms with Crippen molar-refractivity contribution in [1.82, 2.24) is 15.1 Å². The van der Waals surface area contributed by atoms with Crippen LogP contribution in [0.25, 0.3) is 0 Å². The summed E-state index contributed by atoms with van der Waals surface area (Å²) in [6, 6.07) is 0. The quantitative estimate of drug-likeness (QED) is 0.370. The van der Waals surface area contributed by atoms with Crippen LogP contribution in [-0.2, 0) is 19.1 Å². The van der Waals surface area contributed by atoms with Crippen molar-refractivity contribution in [2.45, 2.75) is 12.8 Å². The van der Waals surface area contributed by atoms with Crippen molar-refractivity contribution < 1.29 is 24.2 Å². The van der Waals surface area contributed by atoms with Crippen LogP contribution in [0.5, 0.6) is 0 Å². The molecule has 0 aliphatic carbocycles. The van der Waals surface area contributed by atoms with Crippen LogP contribution < -0.4 is 5.32 Å². The molecule has 2 aliphatic heterocycles. The predicted molar refractivity (Wildman–Crippen MR) is 88.5 cm³/mol. The highest BCUT2D eigenvalue weighted by atomic mass is 16.5. The van der Waals surface area contributed by atoms with Gasteiger partial charge in [0.05, 0.1) is 19.1 Å². The van der Waals surface area contributed by atoms with Gasteiger partial charge in [0.2, 0.25) is 11.8 Å². The Morgan fingerprint density at radius 3 is 2.71 bits per heavy atom. The van der Waals surface area contributed by atoms with Gasteiger partial charge in [-0.15, -0.1) is 6.58 Å². The third-order valence-electron chi connectivity index (χ3n) is 3.99. The molecular weight excluding hydrogens is 314 g/mol. The van der Waals surface area contributed by atoms with E-state index in [9.17, 15) is 9.59 Å². The number of carboxylic acid groups (broad SMARTS) is 1. The zero-order valence-corrected chi connectivity index (χ0v) is 14.0. The molecule has 0 radical (unpaired) electrons. The summed E-state index contributed by atoms with van der Waals surface area (Å²) in [4.78, 5) is 36.1. The lowest BCUT2D eigenvalue weighted by Crippen LogP contribution is -2.39. The molecule has 1 unspecified atom stereocenters. The first-order chi connectivity index (χ1) is 11.6. The number of hydrogen-bond acceptors (Lipinski definition) is 5. The number of nitrogens with one attached hydrogen (secondary N) is 1. The van der Waals surface area contributed by atoms with Gasteiger partial charge in [-0.05, 0) is 13.0 Å². The van der Waals surface area contributed by atoms with Crippen molar-refractivity contribution in [1.29, 1.82) is 0 Å². The summed E-state index contributed by atoms with van der Waals surface area (Å²) in [5, 5.41) is 9.83. The maximum atomic E-state index is 12.0. The minimum atomic E-state index is -0.250. The van der Waals surface area contributed by atoms with Gasteiger partial charge in [0.1, 0.15) is 0 Å². The number of hydrogen-bond donors (Lipinski definition) is 2. The highest BCUT2D eigenvalue weighted by Crippen LogP contribution is 2.17. The Morgan fingerprint density at radius 1 is 1.42 bits per heavy atom. The zero-order chi connectivity index (χ0) is 17.8. The first-order valence-corrected chi connectivity index (χ1v) is 8.16. The van der Waals surface area contributed by atoms with Crippen molar-refractivity contribution in [3.63, 3.8) is 0 Å². The van der Waals surface area contributed by atoms with Crippen LogP contribution in [0, 0.1) is 5.92 Å².